The molecular weight excluding hydrogens is 316 g/mol. The lowest BCUT2D eigenvalue weighted by molar-refractivity contribution is -0.688. The van der Waals surface area contributed by atoms with Crippen LogP contribution >= 0.6 is 0 Å². The Morgan fingerprint density at radius 1 is 1.28 bits per heavy atom. The Kier molecular flexibility index (Phi) is 5.48. The summed E-state index contributed by atoms with van der Waals surface area (Å²) >= 11 is 0. The summed E-state index contributed by atoms with van der Waals surface area (Å²) in [5.41, 5.74) is 3.24. The molecule has 0 aliphatic carbocycles. The van der Waals surface area contributed by atoms with E-state index < -0.39 is 12.3 Å². The average molecular weight is 339 g/mol. The van der Waals surface area contributed by atoms with Gasteiger partial charge in [-0.05, 0) is 24.1 Å². The third-order valence-corrected chi connectivity index (χ3v) is 4.00. The Balaban J connectivity index is 1.67. The molecule has 5 nitrogen and oxygen atoms in total. The van der Waals surface area contributed by atoms with Gasteiger partial charge in [0.15, 0.2) is 0 Å². The fraction of sp³-hybridized carbons (Fsp3) is 0.250. The largest absolute Gasteiger partial charge is 0.472 e. The highest BCUT2D eigenvalue weighted by molar-refractivity contribution is 5.47. The van der Waals surface area contributed by atoms with Gasteiger partial charge in [0.2, 0.25) is 12.6 Å². The van der Waals surface area contributed by atoms with Crippen LogP contribution in [0.15, 0.2) is 72.6 Å². The summed E-state index contributed by atoms with van der Waals surface area (Å²) in [6, 6.07) is 10.1. The van der Waals surface area contributed by atoms with Crippen molar-refractivity contribution in [1.29, 1.82) is 0 Å². The lowest BCUT2D eigenvalue weighted by atomic mass is 10.1. The molecule has 0 radical (unpaired) electrons. The van der Waals surface area contributed by atoms with Gasteiger partial charge in [-0.25, -0.2) is 9.13 Å². The van der Waals surface area contributed by atoms with E-state index in [2.05, 4.69) is 23.3 Å². The Morgan fingerprint density at radius 2 is 2.08 bits per heavy atom. The van der Waals surface area contributed by atoms with Crippen molar-refractivity contribution in [3.8, 4) is 0 Å². The molecule has 0 amide bonds. The van der Waals surface area contributed by atoms with Crippen LogP contribution in [0.5, 0.6) is 0 Å². The van der Waals surface area contributed by atoms with Crippen molar-refractivity contribution >= 4 is 6.08 Å². The molecular formula is C20H23N2O3+. The van der Waals surface area contributed by atoms with E-state index in [1.54, 1.807) is 19.5 Å². The molecule has 1 N–H and O–H groups in total. The molecule has 0 saturated carbocycles. The Hall–Kier alpha value is -2.63. The molecule has 130 valence electrons. The number of aliphatic hydroxyl groups excluding tert-OH is 1. The van der Waals surface area contributed by atoms with E-state index in [0.717, 1.165) is 17.7 Å². The van der Waals surface area contributed by atoms with E-state index >= 15 is 0 Å². The average Bonchev–Trinajstić information content (AvgIpc) is 3.28. The molecule has 0 fully saturated rings. The van der Waals surface area contributed by atoms with Crippen LogP contribution in [-0.4, -0.2) is 15.8 Å². The van der Waals surface area contributed by atoms with Crippen molar-refractivity contribution in [3.05, 3.63) is 84.8 Å². The molecule has 0 bridgehead atoms. The minimum atomic E-state index is -0.639. The minimum absolute atomic E-state index is 0.382. The Labute approximate surface area is 147 Å². The van der Waals surface area contributed by atoms with Crippen LogP contribution in [0.3, 0.4) is 0 Å². The highest BCUT2D eigenvalue weighted by atomic mass is 16.5. The quantitative estimate of drug-likeness (QED) is 0.642. The van der Waals surface area contributed by atoms with Crippen LogP contribution in [-0.2, 0) is 17.9 Å². The zero-order valence-electron chi connectivity index (χ0n) is 14.3. The highest BCUT2D eigenvalue weighted by Gasteiger charge is 2.23. The zero-order chi connectivity index (χ0) is 17.6. The summed E-state index contributed by atoms with van der Waals surface area (Å²) in [6.45, 7) is 6.62. The third kappa shape index (κ3) is 4.47. The van der Waals surface area contributed by atoms with E-state index in [1.165, 1.54) is 5.56 Å². The third-order valence-electron chi connectivity index (χ3n) is 4.00. The molecule has 25 heavy (non-hydrogen) atoms. The molecule has 0 aliphatic rings. The summed E-state index contributed by atoms with van der Waals surface area (Å²) in [4.78, 5) is 0. The summed E-state index contributed by atoms with van der Waals surface area (Å²) in [5.74, 6) is 0. The van der Waals surface area contributed by atoms with Gasteiger partial charge in [0.05, 0.1) is 19.1 Å². The second-order valence-electron chi connectivity index (χ2n) is 6.05. The minimum Gasteiger partial charge on any atom is -0.472 e. The molecule has 2 unspecified atom stereocenters. The van der Waals surface area contributed by atoms with Crippen molar-refractivity contribution in [1.82, 2.24) is 4.57 Å². The van der Waals surface area contributed by atoms with Gasteiger partial charge in [0.1, 0.15) is 25.0 Å². The predicted octanol–water partition coefficient (Wildman–Crippen LogP) is 3.16. The first kappa shape index (κ1) is 17.2. The molecule has 2 aromatic heterocycles. The van der Waals surface area contributed by atoms with E-state index in [4.69, 9.17) is 9.15 Å². The highest BCUT2D eigenvalue weighted by Crippen LogP contribution is 2.16. The molecule has 3 rings (SSSR count). The van der Waals surface area contributed by atoms with Crippen LogP contribution < -0.4 is 4.57 Å². The van der Waals surface area contributed by atoms with E-state index in [1.807, 2.05) is 47.6 Å². The van der Waals surface area contributed by atoms with Gasteiger partial charge in [-0.15, -0.1) is 0 Å². The van der Waals surface area contributed by atoms with Gasteiger partial charge in [-0.1, -0.05) is 36.9 Å². The van der Waals surface area contributed by atoms with Crippen LogP contribution in [0.25, 0.3) is 6.08 Å². The summed E-state index contributed by atoms with van der Waals surface area (Å²) < 4.78 is 14.8. The second-order valence-corrected chi connectivity index (χ2v) is 6.05. The lowest BCUT2D eigenvalue weighted by Gasteiger charge is -2.16. The van der Waals surface area contributed by atoms with Crippen molar-refractivity contribution in [2.24, 2.45) is 0 Å². The summed E-state index contributed by atoms with van der Waals surface area (Å²) in [7, 11) is 0. The predicted molar refractivity (Wildman–Crippen MR) is 94.5 cm³/mol. The number of furan rings is 1. The number of aromatic nitrogens is 2. The fourth-order valence-electron chi connectivity index (χ4n) is 2.66. The maximum atomic E-state index is 10.1. The summed E-state index contributed by atoms with van der Waals surface area (Å²) in [6.07, 6.45) is 9.80. The maximum Gasteiger partial charge on any atom is 0.246 e. The molecule has 1 aromatic carbocycles. The SMILES string of the molecule is C=Cc1ccc(C[n+]2ccn(C(OCc3ccoc3)C(C)O)c2)cc1. The first-order chi connectivity index (χ1) is 12.2. The van der Waals surface area contributed by atoms with Crippen LogP contribution in [0.1, 0.15) is 29.8 Å². The molecule has 3 aromatic rings. The Morgan fingerprint density at radius 3 is 2.72 bits per heavy atom. The van der Waals surface area contributed by atoms with E-state index in [0.29, 0.717) is 6.61 Å². The van der Waals surface area contributed by atoms with Crippen LogP contribution in [0.2, 0.25) is 0 Å². The van der Waals surface area contributed by atoms with Crippen molar-refractivity contribution in [2.45, 2.75) is 32.4 Å². The topological polar surface area (TPSA) is 51.4 Å². The van der Waals surface area contributed by atoms with E-state index in [9.17, 15) is 5.11 Å². The smallest absolute Gasteiger partial charge is 0.246 e. The van der Waals surface area contributed by atoms with Crippen molar-refractivity contribution in [2.75, 3.05) is 0 Å². The molecule has 0 saturated heterocycles. The number of imidazole rings is 1. The molecule has 2 atom stereocenters. The molecule has 5 heteroatoms. The maximum absolute atomic E-state index is 10.1. The first-order valence-corrected chi connectivity index (χ1v) is 8.24. The lowest BCUT2D eigenvalue weighted by Crippen LogP contribution is -2.33. The van der Waals surface area contributed by atoms with Gasteiger partial charge in [-0.3, -0.25) is 0 Å². The summed E-state index contributed by atoms with van der Waals surface area (Å²) in [5, 5.41) is 10.1. The number of nitrogens with zero attached hydrogens (tertiary/aromatic N) is 2. The number of rotatable bonds is 8. The van der Waals surface area contributed by atoms with Crippen LogP contribution in [0, 0.1) is 0 Å². The number of hydrogen-bond acceptors (Lipinski definition) is 3. The van der Waals surface area contributed by atoms with Gasteiger partial charge < -0.3 is 14.3 Å². The number of aliphatic hydroxyl groups is 1. The molecule has 0 spiro atoms. The van der Waals surface area contributed by atoms with Gasteiger partial charge >= 0.3 is 0 Å². The standard InChI is InChI=1S/C20H23N2O3/c1-3-17-4-6-18(7-5-17)12-21-9-10-22(15-21)20(16(2)23)25-14-19-8-11-24-13-19/h3-11,13,15-16,20,23H,1,12,14H2,2H3/q+1. The normalized spacial score (nSPS) is 13.5. The van der Waals surface area contributed by atoms with Crippen molar-refractivity contribution in [3.63, 3.8) is 0 Å². The first-order valence-electron chi connectivity index (χ1n) is 8.24. The number of benzene rings is 1. The van der Waals surface area contributed by atoms with E-state index in [-0.39, 0.29) is 0 Å². The van der Waals surface area contributed by atoms with Crippen molar-refractivity contribution < 1.29 is 18.8 Å². The molecule has 0 aliphatic heterocycles. The van der Waals surface area contributed by atoms with Crippen LogP contribution in [0.4, 0.5) is 0 Å². The zero-order valence-corrected chi connectivity index (χ0v) is 14.3. The second kappa shape index (κ2) is 7.96. The van der Waals surface area contributed by atoms with Gasteiger partial charge in [-0.2, -0.15) is 0 Å². The fourth-order valence-corrected chi connectivity index (χ4v) is 2.66. The van der Waals surface area contributed by atoms with Gasteiger partial charge in [0.25, 0.3) is 0 Å². The molecule has 2 heterocycles. The Bertz CT molecular complexity index is 789. The number of ether oxygens (including phenoxy) is 1. The van der Waals surface area contributed by atoms with Gasteiger partial charge in [0, 0.05) is 5.56 Å². The number of hydrogen-bond donors (Lipinski definition) is 1. The monoisotopic (exact) mass is 339 g/mol.